The maximum atomic E-state index is 9.43. The SMILES string of the molecule is N#Cc1ccc(N(c2cc3ccc4cc(-c5ccccc5)cc5ccc(c2)c3c45)c2cccc3ccccc23)cc1. The molecule has 0 amide bonds. The van der Waals surface area contributed by atoms with E-state index in [1.165, 1.54) is 54.2 Å². The lowest BCUT2D eigenvalue weighted by Gasteiger charge is -2.28. The van der Waals surface area contributed by atoms with E-state index in [0.29, 0.717) is 5.56 Å². The monoisotopic (exact) mass is 520 g/mol. The van der Waals surface area contributed by atoms with E-state index in [1.54, 1.807) is 0 Å². The summed E-state index contributed by atoms with van der Waals surface area (Å²) in [4.78, 5) is 2.31. The maximum absolute atomic E-state index is 9.43. The molecule has 0 aromatic heterocycles. The van der Waals surface area contributed by atoms with E-state index in [4.69, 9.17) is 0 Å². The van der Waals surface area contributed by atoms with E-state index in [9.17, 15) is 5.26 Å². The van der Waals surface area contributed by atoms with Gasteiger partial charge in [0.05, 0.1) is 17.3 Å². The summed E-state index contributed by atoms with van der Waals surface area (Å²) < 4.78 is 0. The Morgan fingerprint density at radius 3 is 1.68 bits per heavy atom. The van der Waals surface area contributed by atoms with Gasteiger partial charge in [0.25, 0.3) is 0 Å². The van der Waals surface area contributed by atoms with E-state index in [-0.39, 0.29) is 0 Å². The fraction of sp³-hybridized carbons (Fsp3) is 0. The molecule has 0 saturated heterocycles. The molecule has 0 N–H and O–H groups in total. The van der Waals surface area contributed by atoms with Crippen molar-refractivity contribution < 1.29 is 0 Å². The molecule has 0 spiro atoms. The van der Waals surface area contributed by atoms with E-state index in [1.807, 2.05) is 24.3 Å². The van der Waals surface area contributed by atoms with Crippen LogP contribution in [-0.2, 0) is 0 Å². The van der Waals surface area contributed by atoms with Gasteiger partial charge < -0.3 is 4.90 Å². The highest BCUT2D eigenvalue weighted by Crippen LogP contribution is 2.44. The van der Waals surface area contributed by atoms with E-state index < -0.39 is 0 Å². The lowest BCUT2D eigenvalue weighted by atomic mass is 9.91. The van der Waals surface area contributed by atoms with Gasteiger partial charge in [0, 0.05) is 16.8 Å². The number of anilines is 3. The van der Waals surface area contributed by atoms with Crippen molar-refractivity contribution in [3.8, 4) is 17.2 Å². The summed E-state index contributed by atoms with van der Waals surface area (Å²) in [6.07, 6.45) is 0. The molecule has 0 aliphatic rings. The Bertz CT molecular complexity index is 2190. The third-order valence-electron chi connectivity index (χ3n) is 8.15. The molecule has 0 radical (unpaired) electrons. The topological polar surface area (TPSA) is 27.0 Å². The minimum atomic E-state index is 0.650. The molecule has 0 unspecified atom stereocenters. The Hall–Kier alpha value is -5.65. The number of fused-ring (bicyclic) bond motifs is 1. The summed E-state index contributed by atoms with van der Waals surface area (Å²) >= 11 is 0. The Morgan fingerprint density at radius 1 is 0.439 bits per heavy atom. The van der Waals surface area contributed by atoms with Gasteiger partial charge in [0.2, 0.25) is 0 Å². The number of hydrogen-bond acceptors (Lipinski definition) is 2. The first-order chi connectivity index (χ1) is 20.3. The Labute approximate surface area is 238 Å². The molecule has 0 heterocycles. The largest absolute Gasteiger partial charge is 0.310 e. The first-order valence-electron chi connectivity index (χ1n) is 13.8. The van der Waals surface area contributed by atoms with Gasteiger partial charge in [-0.3, -0.25) is 0 Å². The highest BCUT2D eigenvalue weighted by atomic mass is 15.1. The van der Waals surface area contributed by atoms with Gasteiger partial charge in [0.1, 0.15) is 0 Å². The van der Waals surface area contributed by atoms with Gasteiger partial charge >= 0.3 is 0 Å². The molecule has 8 aromatic carbocycles. The summed E-state index contributed by atoms with van der Waals surface area (Å²) in [7, 11) is 0. The van der Waals surface area contributed by atoms with E-state index in [0.717, 1.165) is 17.1 Å². The molecule has 190 valence electrons. The van der Waals surface area contributed by atoms with Crippen molar-refractivity contribution >= 4 is 60.2 Å². The Balaban J connectivity index is 1.37. The highest BCUT2D eigenvalue weighted by Gasteiger charge is 2.18. The van der Waals surface area contributed by atoms with Crippen LogP contribution in [0.4, 0.5) is 17.1 Å². The summed E-state index contributed by atoms with van der Waals surface area (Å²) in [5, 5.41) is 19.3. The van der Waals surface area contributed by atoms with Crippen molar-refractivity contribution in [1.29, 1.82) is 5.26 Å². The fourth-order valence-electron chi connectivity index (χ4n) is 6.26. The van der Waals surface area contributed by atoms with Gasteiger partial charge in [-0.25, -0.2) is 0 Å². The molecule has 41 heavy (non-hydrogen) atoms. The number of nitrogens with zero attached hydrogens (tertiary/aromatic N) is 2. The zero-order valence-electron chi connectivity index (χ0n) is 22.3. The molecule has 0 aliphatic heterocycles. The van der Waals surface area contributed by atoms with Crippen molar-refractivity contribution in [2.24, 2.45) is 0 Å². The molecule has 0 fully saturated rings. The molecule has 0 aliphatic carbocycles. The maximum Gasteiger partial charge on any atom is 0.0991 e. The number of rotatable bonds is 4. The van der Waals surface area contributed by atoms with Crippen LogP contribution in [0.15, 0.2) is 146 Å². The Kier molecular flexibility index (Phi) is 5.23. The van der Waals surface area contributed by atoms with Crippen LogP contribution in [0.2, 0.25) is 0 Å². The first-order valence-corrected chi connectivity index (χ1v) is 13.8. The van der Waals surface area contributed by atoms with E-state index in [2.05, 4.69) is 132 Å². The smallest absolute Gasteiger partial charge is 0.0991 e. The molecule has 8 rings (SSSR count). The second kappa shape index (κ2) is 9.23. The second-order valence-corrected chi connectivity index (χ2v) is 10.6. The third-order valence-corrected chi connectivity index (χ3v) is 8.15. The van der Waals surface area contributed by atoms with Crippen LogP contribution in [0.25, 0.3) is 54.2 Å². The van der Waals surface area contributed by atoms with Crippen LogP contribution >= 0.6 is 0 Å². The molecule has 0 bridgehead atoms. The van der Waals surface area contributed by atoms with Crippen LogP contribution in [-0.4, -0.2) is 0 Å². The lowest BCUT2D eigenvalue weighted by molar-refractivity contribution is 1.30. The van der Waals surface area contributed by atoms with Gasteiger partial charge in [-0.05, 0) is 103 Å². The number of nitriles is 1. The summed E-state index contributed by atoms with van der Waals surface area (Å²) in [5.41, 5.74) is 6.32. The van der Waals surface area contributed by atoms with Crippen molar-refractivity contribution in [2.45, 2.75) is 0 Å². The van der Waals surface area contributed by atoms with Crippen LogP contribution in [0.5, 0.6) is 0 Å². The van der Waals surface area contributed by atoms with Crippen LogP contribution in [0.1, 0.15) is 5.56 Å². The number of benzene rings is 8. The standard InChI is InChI=1S/C39H24N2/c40-25-26-13-19-34(20-14-26)41(37-12-6-10-28-9-4-5-11-36(28)37)35-23-31-17-15-29-21-33(27-7-2-1-3-8-27)22-30-16-18-32(24-35)39(31)38(29)30/h1-24H. The van der Waals surface area contributed by atoms with Crippen molar-refractivity contribution in [1.82, 2.24) is 0 Å². The third kappa shape index (κ3) is 3.79. The van der Waals surface area contributed by atoms with Gasteiger partial charge in [-0.1, -0.05) is 91.0 Å². The minimum absolute atomic E-state index is 0.650. The molecular weight excluding hydrogens is 496 g/mol. The van der Waals surface area contributed by atoms with Gasteiger partial charge in [0.15, 0.2) is 0 Å². The lowest BCUT2D eigenvalue weighted by Crippen LogP contribution is -2.10. The number of hydrogen-bond donors (Lipinski definition) is 0. The predicted molar refractivity (Wildman–Crippen MR) is 172 cm³/mol. The van der Waals surface area contributed by atoms with Crippen LogP contribution in [0, 0.1) is 11.3 Å². The summed E-state index contributed by atoms with van der Waals surface area (Å²) in [5.74, 6) is 0. The quantitative estimate of drug-likeness (QED) is 0.216. The molecule has 8 aromatic rings. The zero-order valence-corrected chi connectivity index (χ0v) is 22.3. The normalized spacial score (nSPS) is 11.4. The van der Waals surface area contributed by atoms with Gasteiger partial charge in [-0.2, -0.15) is 5.26 Å². The highest BCUT2D eigenvalue weighted by molar-refractivity contribution is 6.24. The van der Waals surface area contributed by atoms with Crippen molar-refractivity contribution in [3.63, 3.8) is 0 Å². The average Bonchev–Trinajstić information content (AvgIpc) is 3.04. The fourth-order valence-corrected chi connectivity index (χ4v) is 6.26. The summed E-state index contributed by atoms with van der Waals surface area (Å²) in [6, 6.07) is 53.9. The molecule has 2 heteroatoms. The molecule has 0 atom stereocenters. The van der Waals surface area contributed by atoms with Gasteiger partial charge in [-0.15, -0.1) is 0 Å². The van der Waals surface area contributed by atoms with Crippen molar-refractivity contribution in [3.05, 3.63) is 151 Å². The van der Waals surface area contributed by atoms with E-state index >= 15 is 0 Å². The van der Waals surface area contributed by atoms with Crippen molar-refractivity contribution in [2.75, 3.05) is 4.90 Å². The molecule has 2 nitrogen and oxygen atoms in total. The first kappa shape index (κ1) is 23.3. The Morgan fingerprint density at radius 2 is 1.02 bits per heavy atom. The predicted octanol–water partition coefficient (Wildman–Crippen LogP) is 10.7. The average molecular weight is 521 g/mol. The van der Waals surface area contributed by atoms with Crippen LogP contribution in [0.3, 0.4) is 0 Å². The minimum Gasteiger partial charge on any atom is -0.310 e. The molecule has 0 saturated carbocycles. The zero-order chi connectivity index (χ0) is 27.3. The summed E-state index contributed by atoms with van der Waals surface area (Å²) in [6.45, 7) is 0. The second-order valence-electron chi connectivity index (χ2n) is 10.6. The molecular formula is C39H24N2. The van der Waals surface area contributed by atoms with Crippen LogP contribution < -0.4 is 4.90 Å².